The Balaban J connectivity index is 2.52. The molecule has 2 rings (SSSR count). The van der Waals surface area contributed by atoms with Gasteiger partial charge in [-0.25, -0.2) is 8.42 Å². The van der Waals surface area contributed by atoms with Gasteiger partial charge in [-0.2, -0.15) is 0 Å². The van der Waals surface area contributed by atoms with Gasteiger partial charge in [-0.05, 0) is 36.4 Å². The first kappa shape index (κ1) is 10.6. The van der Waals surface area contributed by atoms with E-state index in [1.807, 2.05) is 0 Å². The van der Waals surface area contributed by atoms with Crippen molar-refractivity contribution in [3.05, 3.63) is 48.8 Å². The Kier molecular flexibility index (Phi) is 2.62. The molecule has 0 aliphatic carbocycles. The maximum atomic E-state index is 12.1. The number of nitrogens with zero attached hydrogens (tertiary/aromatic N) is 1. The van der Waals surface area contributed by atoms with Gasteiger partial charge in [0.25, 0.3) is 0 Å². The Morgan fingerprint density at radius 3 is 1.94 bits per heavy atom. The molecule has 0 atom stereocenters. The van der Waals surface area contributed by atoms with Gasteiger partial charge in [0.15, 0.2) is 0 Å². The number of pyridine rings is 1. The van der Waals surface area contributed by atoms with Crippen LogP contribution in [0.15, 0.2) is 58.6 Å². The van der Waals surface area contributed by atoms with Crippen molar-refractivity contribution in [1.82, 2.24) is 4.98 Å². The number of nitrogen functional groups attached to an aromatic ring is 1. The highest BCUT2D eigenvalue weighted by Crippen LogP contribution is 2.20. The van der Waals surface area contributed by atoms with Gasteiger partial charge in [-0.15, -0.1) is 0 Å². The molecule has 1 aromatic heterocycles. The van der Waals surface area contributed by atoms with Crippen molar-refractivity contribution in [3.63, 3.8) is 0 Å². The molecule has 82 valence electrons. The average molecular weight is 234 g/mol. The summed E-state index contributed by atoms with van der Waals surface area (Å²) < 4.78 is 24.2. The maximum Gasteiger partial charge on any atom is 0.206 e. The molecule has 2 N–H and O–H groups in total. The standard InChI is InChI=1S/C11H10N2O2S/c12-9-1-3-10(4-2-9)16(14,15)11-5-7-13-8-6-11/h1-8H,12H2. The molecule has 5 heteroatoms. The van der Waals surface area contributed by atoms with Gasteiger partial charge < -0.3 is 5.73 Å². The SMILES string of the molecule is Nc1ccc(S(=O)(=O)c2ccncc2)cc1. The second kappa shape index (κ2) is 3.94. The maximum absolute atomic E-state index is 12.1. The zero-order valence-corrected chi connectivity index (χ0v) is 9.18. The lowest BCUT2D eigenvalue weighted by Crippen LogP contribution is -2.02. The van der Waals surface area contributed by atoms with Crippen molar-refractivity contribution in [1.29, 1.82) is 0 Å². The smallest absolute Gasteiger partial charge is 0.206 e. The third-order valence-electron chi connectivity index (χ3n) is 2.15. The Morgan fingerprint density at radius 1 is 0.875 bits per heavy atom. The molecule has 0 amide bonds. The van der Waals surface area contributed by atoms with Crippen molar-refractivity contribution in [3.8, 4) is 0 Å². The second-order valence-electron chi connectivity index (χ2n) is 3.26. The summed E-state index contributed by atoms with van der Waals surface area (Å²) in [6, 6.07) is 9.04. The molecule has 0 unspecified atom stereocenters. The molecule has 0 aliphatic rings. The van der Waals surface area contributed by atoms with Crippen molar-refractivity contribution in [2.75, 3.05) is 5.73 Å². The van der Waals surface area contributed by atoms with Crippen LogP contribution in [0.4, 0.5) is 5.69 Å². The largest absolute Gasteiger partial charge is 0.399 e. The summed E-state index contributed by atoms with van der Waals surface area (Å²) in [5.74, 6) is 0. The molecule has 1 heterocycles. The zero-order chi connectivity index (χ0) is 11.6. The van der Waals surface area contributed by atoms with Gasteiger partial charge in [0.2, 0.25) is 9.84 Å². The predicted octanol–water partition coefficient (Wildman–Crippen LogP) is 1.50. The fourth-order valence-electron chi connectivity index (χ4n) is 1.30. The summed E-state index contributed by atoms with van der Waals surface area (Å²) in [7, 11) is -3.45. The Labute approximate surface area is 93.7 Å². The number of benzene rings is 1. The Morgan fingerprint density at radius 2 is 1.38 bits per heavy atom. The van der Waals surface area contributed by atoms with Crippen molar-refractivity contribution in [2.45, 2.75) is 9.79 Å². The zero-order valence-electron chi connectivity index (χ0n) is 8.37. The molecule has 0 aliphatic heterocycles. The van der Waals surface area contributed by atoms with E-state index in [1.54, 1.807) is 12.1 Å². The fourth-order valence-corrected chi connectivity index (χ4v) is 2.55. The molecular formula is C11H10N2O2S. The van der Waals surface area contributed by atoms with Crippen LogP contribution in [0.5, 0.6) is 0 Å². The average Bonchev–Trinajstić information content (AvgIpc) is 2.31. The number of nitrogens with two attached hydrogens (primary N) is 1. The quantitative estimate of drug-likeness (QED) is 0.799. The highest BCUT2D eigenvalue weighted by molar-refractivity contribution is 7.91. The summed E-state index contributed by atoms with van der Waals surface area (Å²) in [6.07, 6.45) is 2.90. The topological polar surface area (TPSA) is 73.1 Å². The van der Waals surface area contributed by atoms with Crippen LogP contribution in [0.2, 0.25) is 0 Å². The molecule has 0 saturated heterocycles. The van der Waals surface area contributed by atoms with Gasteiger partial charge in [0, 0.05) is 18.1 Å². The van der Waals surface area contributed by atoms with E-state index in [-0.39, 0.29) is 9.79 Å². The molecule has 0 saturated carbocycles. The normalized spacial score (nSPS) is 11.2. The van der Waals surface area contributed by atoms with E-state index >= 15 is 0 Å². The molecule has 0 radical (unpaired) electrons. The lowest BCUT2D eigenvalue weighted by atomic mass is 10.3. The van der Waals surface area contributed by atoms with E-state index in [2.05, 4.69) is 4.98 Å². The molecule has 4 nitrogen and oxygen atoms in total. The second-order valence-corrected chi connectivity index (χ2v) is 5.21. The van der Waals surface area contributed by atoms with Gasteiger partial charge in [0.05, 0.1) is 9.79 Å². The molecule has 16 heavy (non-hydrogen) atoms. The summed E-state index contributed by atoms with van der Waals surface area (Å²) in [6.45, 7) is 0. The lowest BCUT2D eigenvalue weighted by molar-refractivity contribution is 0.596. The number of aromatic nitrogens is 1. The monoisotopic (exact) mass is 234 g/mol. The third kappa shape index (κ3) is 1.90. The first-order valence-corrected chi connectivity index (χ1v) is 6.10. The summed E-state index contributed by atoms with van der Waals surface area (Å²) in [4.78, 5) is 4.24. The fraction of sp³-hybridized carbons (Fsp3) is 0. The van der Waals surface area contributed by atoms with Crippen LogP contribution in [-0.4, -0.2) is 13.4 Å². The van der Waals surface area contributed by atoms with Crippen molar-refractivity contribution in [2.24, 2.45) is 0 Å². The van der Waals surface area contributed by atoms with Gasteiger partial charge in [0.1, 0.15) is 0 Å². The van der Waals surface area contributed by atoms with Crippen LogP contribution in [0.3, 0.4) is 0 Å². The molecule has 0 spiro atoms. The van der Waals surface area contributed by atoms with Gasteiger partial charge >= 0.3 is 0 Å². The lowest BCUT2D eigenvalue weighted by Gasteiger charge is -2.03. The van der Waals surface area contributed by atoms with Crippen LogP contribution in [0.25, 0.3) is 0 Å². The predicted molar refractivity (Wildman–Crippen MR) is 60.5 cm³/mol. The van der Waals surface area contributed by atoms with E-state index < -0.39 is 9.84 Å². The van der Waals surface area contributed by atoms with Gasteiger partial charge in [-0.3, -0.25) is 4.98 Å². The van der Waals surface area contributed by atoms with E-state index in [0.717, 1.165) is 0 Å². The highest BCUT2D eigenvalue weighted by Gasteiger charge is 2.16. The van der Waals surface area contributed by atoms with Crippen molar-refractivity contribution >= 4 is 15.5 Å². The third-order valence-corrected chi connectivity index (χ3v) is 3.94. The van der Waals surface area contributed by atoms with Crippen LogP contribution in [-0.2, 0) is 9.84 Å². The molecule has 0 bridgehead atoms. The molecule has 1 aromatic carbocycles. The highest BCUT2D eigenvalue weighted by atomic mass is 32.2. The van der Waals surface area contributed by atoms with E-state index in [9.17, 15) is 8.42 Å². The molecular weight excluding hydrogens is 224 g/mol. The van der Waals surface area contributed by atoms with E-state index in [4.69, 9.17) is 5.73 Å². The molecule has 0 fully saturated rings. The summed E-state index contributed by atoms with van der Waals surface area (Å²) in [5.41, 5.74) is 6.04. The minimum atomic E-state index is -3.45. The first-order chi connectivity index (χ1) is 7.60. The van der Waals surface area contributed by atoms with Crippen molar-refractivity contribution < 1.29 is 8.42 Å². The molecule has 2 aromatic rings. The number of rotatable bonds is 2. The summed E-state index contributed by atoms with van der Waals surface area (Å²) >= 11 is 0. The van der Waals surface area contributed by atoms with E-state index in [0.29, 0.717) is 5.69 Å². The van der Waals surface area contributed by atoms with Crippen LogP contribution >= 0.6 is 0 Å². The number of anilines is 1. The Bertz CT molecular complexity index is 577. The van der Waals surface area contributed by atoms with E-state index in [1.165, 1.54) is 36.7 Å². The van der Waals surface area contributed by atoms with Crippen LogP contribution in [0.1, 0.15) is 0 Å². The van der Waals surface area contributed by atoms with Gasteiger partial charge in [-0.1, -0.05) is 0 Å². The number of hydrogen-bond acceptors (Lipinski definition) is 4. The summed E-state index contributed by atoms with van der Waals surface area (Å²) in [5, 5.41) is 0. The Hall–Kier alpha value is -1.88. The minimum Gasteiger partial charge on any atom is -0.399 e. The minimum absolute atomic E-state index is 0.229. The number of sulfone groups is 1. The van der Waals surface area contributed by atoms with Crippen LogP contribution < -0.4 is 5.73 Å². The van der Waals surface area contributed by atoms with Crippen LogP contribution in [0, 0.1) is 0 Å². The first-order valence-electron chi connectivity index (χ1n) is 4.61. The number of hydrogen-bond donors (Lipinski definition) is 1.